The van der Waals surface area contributed by atoms with E-state index in [1.54, 1.807) is 0 Å². The lowest BCUT2D eigenvalue weighted by Gasteiger charge is -2.15. The average molecular weight is 639 g/mol. The van der Waals surface area contributed by atoms with Gasteiger partial charge >= 0.3 is 11.9 Å². The maximum absolute atomic E-state index is 12.1. The molecule has 1 atom stereocenters. The number of hydrogen-bond donors (Lipinski definition) is 1. The second-order valence-electron chi connectivity index (χ2n) is 11.6. The van der Waals surface area contributed by atoms with Crippen LogP contribution in [0.2, 0.25) is 0 Å². The zero-order valence-electron chi connectivity index (χ0n) is 29.3. The van der Waals surface area contributed by atoms with Gasteiger partial charge in [0, 0.05) is 12.8 Å². The highest BCUT2D eigenvalue weighted by Gasteiger charge is 2.15. The molecule has 0 heterocycles. The van der Waals surface area contributed by atoms with E-state index in [2.05, 4.69) is 98.9 Å². The molecule has 0 spiro atoms. The van der Waals surface area contributed by atoms with Crippen LogP contribution in [-0.4, -0.2) is 36.4 Å². The minimum Gasteiger partial charge on any atom is -0.462 e. The summed E-state index contributed by atoms with van der Waals surface area (Å²) < 4.78 is 10.5. The van der Waals surface area contributed by atoms with Crippen molar-refractivity contribution in [1.82, 2.24) is 0 Å². The van der Waals surface area contributed by atoms with Gasteiger partial charge in [-0.2, -0.15) is 0 Å². The van der Waals surface area contributed by atoms with Crippen molar-refractivity contribution in [3.05, 3.63) is 85.1 Å². The highest BCUT2D eigenvalue weighted by molar-refractivity contribution is 5.70. The van der Waals surface area contributed by atoms with E-state index in [-0.39, 0.29) is 31.6 Å². The minimum absolute atomic E-state index is 0.101. The molecule has 5 nitrogen and oxygen atoms in total. The normalized spacial score (nSPS) is 13.2. The fourth-order valence-corrected chi connectivity index (χ4v) is 4.44. The lowest BCUT2D eigenvalue weighted by molar-refractivity contribution is -0.161. The van der Waals surface area contributed by atoms with Gasteiger partial charge in [-0.05, 0) is 83.5 Å². The lowest BCUT2D eigenvalue weighted by atomic mass is 10.1. The molecule has 0 saturated carbocycles. The number of carbonyl (C=O) groups excluding carboxylic acids is 2. The Morgan fingerprint density at radius 2 is 0.957 bits per heavy atom. The molecule has 5 heteroatoms. The predicted octanol–water partition coefficient (Wildman–Crippen LogP) is 11.2. The Morgan fingerprint density at radius 1 is 0.522 bits per heavy atom. The third-order valence-corrected chi connectivity index (χ3v) is 7.17. The topological polar surface area (TPSA) is 72.8 Å². The van der Waals surface area contributed by atoms with Crippen LogP contribution in [0, 0.1) is 0 Å². The van der Waals surface area contributed by atoms with E-state index in [0.29, 0.717) is 12.8 Å². The van der Waals surface area contributed by atoms with Crippen LogP contribution >= 0.6 is 0 Å². The first kappa shape index (κ1) is 43.1. The third-order valence-electron chi connectivity index (χ3n) is 7.17. The number of rotatable bonds is 31. The maximum atomic E-state index is 12.1. The Morgan fingerprint density at radius 3 is 1.48 bits per heavy atom. The summed E-state index contributed by atoms with van der Waals surface area (Å²) in [5.74, 6) is -0.685. The molecule has 260 valence electrons. The van der Waals surface area contributed by atoms with E-state index < -0.39 is 6.10 Å². The van der Waals surface area contributed by atoms with Gasteiger partial charge in [0.1, 0.15) is 6.61 Å². The predicted molar refractivity (Wildman–Crippen MR) is 196 cm³/mol. The number of carbonyl (C=O) groups is 2. The molecule has 0 rings (SSSR count). The van der Waals surface area contributed by atoms with Crippen LogP contribution in [0.5, 0.6) is 0 Å². The number of unbranched alkanes of at least 4 members (excludes halogenated alkanes) is 9. The number of aliphatic hydroxyl groups is 1. The van der Waals surface area contributed by atoms with Crippen molar-refractivity contribution in [2.75, 3.05) is 13.2 Å². The molecule has 0 aliphatic rings. The van der Waals surface area contributed by atoms with Crippen molar-refractivity contribution in [3.8, 4) is 0 Å². The van der Waals surface area contributed by atoms with Crippen molar-refractivity contribution in [3.63, 3.8) is 0 Å². The fraction of sp³-hybridized carbons (Fsp3) is 0.610. The SMILES string of the molecule is CC/C=C\C/C=C\C/C=C\C/C=C\C/C=C\CCCC(=O)O[C@@H](CO)COC(=O)CCCCCCC/C=C\C/C=C\CCCCC. The summed E-state index contributed by atoms with van der Waals surface area (Å²) in [5.41, 5.74) is 0. The van der Waals surface area contributed by atoms with Gasteiger partial charge in [-0.3, -0.25) is 9.59 Å². The van der Waals surface area contributed by atoms with Crippen LogP contribution in [0.3, 0.4) is 0 Å². The second kappa shape index (κ2) is 36.5. The molecule has 1 N–H and O–H groups in total. The molecule has 0 aromatic rings. The summed E-state index contributed by atoms with van der Waals surface area (Å²) in [6, 6.07) is 0. The van der Waals surface area contributed by atoms with Gasteiger partial charge in [0.05, 0.1) is 6.61 Å². The first-order valence-corrected chi connectivity index (χ1v) is 18.1. The van der Waals surface area contributed by atoms with E-state index in [1.807, 2.05) is 0 Å². The molecule has 0 radical (unpaired) electrons. The molecule has 0 unspecified atom stereocenters. The quantitative estimate of drug-likeness (QED) is 0.0465. The molecular weight excluding hydrogens is 572 g/mol. The standard InChI is InChI=1S/C41H66O5/c1-3-5-7-9-11-13-15-17-19-20-22-24-26-28-30-32-34-36-41(44)46-39(37-42)38-45-40(43)35-33-31-29-27-25-23-21-18-16-14-12-10-8-6-4-2/h5,7,11-14,17-19,21-22,24,28,30,39,42H,3-4,6,8-10,15-16,20,23,25-27,29,31-38H2,1-2H3/b7-5-,13-11-,14-12-,19-17-,21-18-,24-22-,30-28-/t39-/m0/s1. The zero-order valence-corrected chi connectivity index (χ0v) is 29.3. The summed E-state index contributed by atoms with van der Waals surface area (Å²) >= 11 is 0. The van der Waals surface area contributed by atoms with Crippen LogP contribution < -0.4 is 0 Å². The fourth-order valence-electron chi connectivity index (χ4n) is 4.44. The first-order chi connectivity index (χ1) is 22.6. The largest absolute Gasteiger partial charge is 0.462 e. The van der Waals surface area contributed by atoms with Crippen LogP contribution in [0.4, 0.5) is 0 Å². The Kier molecular flexibility index (Phi) is 34.2. The van der Waals surface area contributed by atoms with Crippen molar-refractivity contribution in [2.45, 2.75) is 148 Å². The third kappa shape index (κ3) is 34.0. The molecular formula is C41H66O5. The zero-order chi connectivity index (χ0) is 33.6. The summed E-state index contributed by atoms with van der Waals surface area (Å²) in [6.07, 6.45) is 49.2. The van der Waals surface area contributed by atoms with Crippen LogP contribution in [0.15, 0.2) is 85.1 Å². The van der Waals surface area contributed by atoms with E-state index in [1.165, 1.54) is 32.1 Å². The van der Waals surface area contributed by atoms with Gasteiger partial charge in [-0.25, -0.2) is 0 Å². The van der Waals surface area contributed by atoms with Crippen LogP contribution in [0.25, 0.3) is 0 Å². The van der Waals surface area contributed by atoms with Gasteiger partial charge in [0.2, 0.25) is 0 Å². The molecule has 0 amide bonds. The second-order valence-corrected chi connectivity index (χ2v) is 11.6. The number of hydrogen-bond acceptors (Lipinski definition) is 5. The van der Waals surface area contributed by atoms with Crippen molar-refractivity contribution < 1.29 is 24.2 Å². The van der Waals surface area contributed by atoms with E-state index >= 15 is 0 Å². The maximum Gasteiger partial charge on any atom is 0.306 e. The smallest absolute Gasteiger partial charge is 0.306 e. The molecule has 0 saturated heterocycles. The molecule has 0 aromatic heterocycles. The van der Waals surface area contributed by atoms with E-state index in [9.17, 15) is 14.7 Å². The molecule has 46 heavy (non-hydrogen) atoms. The first-order valence-electron chi connectivity index (χ1n) is 18.1. The molecule has 0 aromatic carbocycles. The van der Waals surface area contributed by atoms with Gasteiger partial charge < -0.3 is 14.6 Å². The highest BCUT2D eigenvalue weighted by Crippen LogP contribution is 2.10. The number of allylic oxidation sites excluding steroid dienone is 14. The van der Waals surface area contributed by atoms with Crippen molar-refractivity contribution in [1.29, 1.82) is 0 Å². The van der Waals surface area contributed by atoms with Gasteiger partial charge in [-0.15, -0.1) is 0 Å². The summed E-state index contributed by atoms with van der Waals surface area (Å²) in [4.78, 5) is 24.2. The highest BCUT2D eigenvalue weighted by atomic mass is 16.6. The number of esters is 2. The summed E-state index contributed by atoms with van der Waals surface area (Å²) in [6.45, 7) is 3.91. The van der Waals surface area contributed by atoms with E-state index in [0.717, 1.165) is 77.0 Å². The van der Waals surface area contributed by atoms with Crippen molar-refractivity contribution >= 4 is 11.9 Å². The molecule has 0 bridgehead atoms. The Bertz CT molecular complexity index is 906. The monoisotopic (exact) mass is 638 g/mol. The summed E-state index contributed by atoms with van der Waals surface area (Å²) in [7, 11) is 0. The minimum atomic E-state index is -0.810. The van der Waals surface area contributed by atoms with E-state index in [4.69, 9.17) is 9.47 Å². The Labute approximate surface area is 282 Å². The van der Waals surface area contributed by atoms with Crippen molar-refractivity contribution in [2.24, 2.45) is 0 Å². The van der Waals surface area contributed by atoms with Gasteiger partial charge in [-0.1, -0.05) is 131 Å². The average Bonchev–Trinajstić information content (AvgIpc) is 3.06. The molecule has 0 aliphatic heterocycles. The van der Waals surface area contributed by atoms with Crippen LogP contribution in [-0.2, 0) is 19.1 Å². The Balaban J connectivity index is 3.74. The van der Waals surface area contributed by atoms with Gasteiger partial charge in [0.25, 0.3) is 0 Å². The number of ether oxygens (including phenoxy) is 2. The molecule has 0 aliphatic carbocycles. The summed E-state index contributed by atoms with van der Waals surface area (Å²) in [5, 5.41) is 9.52. The Hall–Kier alpha value is -2.92. The number of aliphatic hydroxyl groups excluding tert-OH is 1. The lowest BCUT2D eigenvalue weighted by Crippen LogP contribution is -2.28. The van der Waals surface area contributed by atoms with Crippen LogP contribution in [0.1, 0.15) is 142 Å². The van der Waals surface area contributed by atoms with Gasteiger partial charge in [0.15, 0.2) is 6.10 Å². The molecule has 0 fully saturated rings.